The van der Waals surface area contributed by atoms with E-state index in [1.165, 1.54) is 101 Å². The number of hydrogen-bond acceptors (Lipinski definition) is 3. The SMILES string of the molecule is CC(C)(C)c1cc(-c2cccc3cccc(-c4ccccc4N(c4cccc(-c5cccc6sc7ccccc7c56)c4)c4cccc5sc6ccccc6c45)c23)cc(C(C)(C)C)c1. The molecule has 2 heterocycles. The smallest absolute Gasteiger partial charge is 0.0555 e. The lowest BCUT2D eigenvalue weighted by Crippen LogP contribution is -2.16. The van der Waals surface area contributed by atoms with Gasteiger partial charge in [0, 0.05) is 51.6 Å². The Morgan fingerprint density at radius 3 is 1.52 bits per heavy atom. The van der Waals surface area contributed by atoms with Crippen LogP contribution in [0.25, 0.3) is 84.5 Å². The lowest BCUT2D eigenvalue weighted by Gasteiger charge is -2.30. The van der Waals surface area contributed by atoms with E-state index in [2.05, 4.69) is 234 Å². The highest BCUT2D eigenvalue weighted by Crippen LogP contribution is 2.50. The minimum atomic E-state index is -0.0000406. The molecule has 1 nitrogen and oxygen atoms in total. The van der Waals surface area contributed by atoms with E-state index < -0.39 is 0 Å². The molecule has 0 radical (unpaired) electrons. The molecular formula is C60H49NS2. The molecule has 0 N–H and O–H groups in total. The lowest BCUT2D eigenvalue weighted by atomic mass is 9.78. The van der Waals surface area contributed by atoms with E-state index in [-0.39, 0.29) is 10.8 Å². The van der Waals surface area contributed by atoms with Gasteiger partial charge in [0.05, 0.1) is 11.4 Å². The maximum Gasteiger partial charge on any atom is 0.0555 e. The number of nitrogens with zero attached hydrogens (tertiary/aromatic N) is 1. The van der Waals surface area contributed by atoms with Gasteiger partial charge in [-0.25, -0.2) is 0 Å². The quantitative estimate of drug-likeness (QED) is 0.161. The molecule has 0 atom stereocenters. The number of anilines is 3. The summed E-state index contributed by atoms with van der Waals surface area (Å²) < 4.78 is 5.20. The van der Waals surface area contributed by atoms with Crippen molar-refractivity contribution in [2.24, 2.45) is 0 Å². The van der Waals surface area contributed by atoms with Crippen LogP contribution < -0.4 is 4.90 Å². The zero-order valence-electron chi connectivity index (χ0n) is 36.7. The summed E-state index contributed by atoms with van der Waals surface area (Å²) >= 11 is 3.74. The van der Waals surface area contributed by atoms with Crippen molar-refractivity contribution < 1.29 is 0 Å². The Labute approximate surface area is 378 Å². The molecule has 0 bridgehead atoms. The Hall–Kier alpha value is -6.52. The summed E-state index contributed by atoms with van der Waals surface area (Å²) in [5, 5.41) is 7.68. The van der Waals surface area contributed by atoms with E-state index in [9.17, 15) is 0 Å². The third kappa shape index (κ3) is 6.82. The Morgan fingerprint density at radius 2 is 0.841 bits per heavy atom. The highest BCUT2D eigenvalue weighted by atomic mass is 32.1. The molecule has 306 valence electrons. The van der Waals surface area contributed by atoms with E-state index in [1.54, 1.807) is 0 Å². The summed E-state index contributed by atoms with van der Waals surface area (Å²) in [5.41, 5.74) is 13.5. The largest absolute Gasteiger partial charge is 0.309 e. The summed E-state index contributed by atoms with van der Waals surface area (Å²) in [7, 11) is 0. The van der Waals surface area contributed by atoms with E-state index in [0.29, 0.717) is 0 Å². The van der Waals surface area contributed by atoms with Gasteiger partial charge < -0.3 is 4.90 Å². The summed E-state index contributed by atoms with van der Waals surface area (Å²) in [6.07, 6.45) is 0. The Bertz CT molecular complexity index is 3510. The molecular weight excluding hydrogens is 799 g/mol. The van der Waals surface area contributed by atoms with Gasteiger partial charge in [-0.2, -0.15) is 0 Å². The minimum absolute atomic E-state index is 0.0000406. The number of hydrogen-bond donors (Lipinski definition) is 0. The first-order valence-corrected chi connectivity index (χ1v) is 23.6. The van der Waals surface area contributed by atoms with Gasteiger partial charge in [-0.1, -0.05) is 181 Å². The van der Waals surface area contributed by atoms with Crippen LogP contribution in [0.15, 0.2) is 188 Å². The maximum absolute atomic E-state index is 2.53. The lowest BCUT2D eigenvalue weighted by molar-refractivity contribution is 0.569. The van der Waals surface area contributed by atoms with Gasteiger partial charge in [0.2, 0.25) is 0 Å². The average Bonchev–Trinajstić information content (AvgIpc) is 3.87. The first-order chi connectivity index (χ1) is 30.5. The second-order valence-electron chi connectivity index (χ2n) is 18.9. The zero-order chi connectivity index (χ0) is 43.0. The summed E-state index contributed by atoms with van der Waals surface area (Å²) in [6, 6.07) is 70.5. The van der Waals surface area contributed by atoms with E-state index in [4.69, 9.17) is 0 Å². The summed E-state index contributed by atoms with van der Waals surface area (Å²) in [6.45, 7) is 14.0. The van der Waals surface area contributed by atoms with Crippen molar-refractivity contribution in [3.8, 4) is 33.4 Å². The second kappa shape index (κ2) is 15.1. The maximum atomic E-state index is 2.53. The second-order valence-corrected chi connectivity index (χ2v) is 21.1. The molecule has 63 heavy (non-hydrogen) atoms. The predicted molar refractivity (Wildman–Crippen MR) is 278 cm³/mol. The van der Waals surface area contributed by atoms with Gasteiger partial charge in [-0.3, -0.25) is 0 Å². The topological polar surface area (TPSA) is 3.24 Å². The molecule has 0 spiro atoms. The fraction of sp³-hybridized carbons (Fsp3) is 0.133. The van der Waals surface area contributed by atoms with Crippen molar-refractivity contribution in [2.75, 3.05) is 4.90 Å². The normalized spacial score (nSPS) is 12.3. The van der Waals surface area contributed by atoms with Crippen molar-refractivity contribution in [3.63, 3.8) is 0 Å². The number of rotatable bonds is 6. The molecule has 0 fully saturated rings. The predicted octanol–water partition coefficient (Wildman–Crippen LogP) is 18.6. The van der Waals surface area contributed by atoms with Gasteiger partial charge in [0.25, 0.3) is 0 Å². The van der Waals surface area contributed by atoms with E-state index >= 15 is 0 Å². The van der Waals surface area contributed by atoms with Crippen LogP contribution in [-0.2, 0) is 10.8 Å². The van der Waals surface area contributed by atoms with E-state index in [1.807, 2.05) is 22.7 Å². The highest BCUT2D eigenvalue weighted by molar-refractivity contribution is 7.26. The van der Waals surface area contributed by atoms with Gasteiger partial charge in [-0.05, 0) is 109 Å². The average molecular weight is 848 g/mol. The highest BCUT2D eigenvalue weighted by Gasteiger charge is 2.25. The van der Waals surface area contributed by atoms with Gasteiger partial charge in [-0.15, -0.1) is 22.7 Å². The molecule has 0 aliphatic rings. The van der Waals surface area contributed by atoms with Crippen LogP contribution in [0.3, 0.4) is 0 Å². The summed E-state index contributed by atoms with van der Waals surface area (Å²) in [4.78, 5) is 2.53. The van der Waals surface area contributed by atoms with Crippen LogP contribution in [0.4, 0.5) is 17.1 Å². The van der Waals surface area contributed by atoms with Crippen LogP contribution in [-0.4, -0.2) is 0 Å². The van der Waals surface area contributed by atoms with Crippen LogP contribution in [0, 0.1) is 0 Å². The molecule has 0 aliphatic carbocycles. The third-order valence-corrected chi connectivity index (χ3v) is 15.0. The Kier molecular flexibility index (Phi) is 9.42. The molecule has 9 aromatic carbocycles. The number of fused-ring (bicyclic) bond motifs is 7. The number of para-hydroxylation sites is 1. The molecule has 3 heteroatoms. The first kappa shape index (κ1) is 39.3. The van der Waals surface area contributed by atoms with Crippen LogP contribution in [0.1, 0.15) is 52.7 Å². The van der Waals surface area contributed by atoms with Crippen molar-refractivity contribution >= 4 is 90.9 Å². The van der Waals surface area contributed by atoms with E-state index in [0.717, 1.165) is 11.4 Å². The summed E-state index contributed by atoms with van der Waals surface area (Å²) in [5.74, 6) is 0. The Morgan fingerprint density at radius 1 is 0.349 bits per heavy atom. The van der Waals surface area contributed by atoms with Crippen molar-refractivity contribution in [1.29, 1.82) is 0 Å². The van der Waals surface area contributed by atoms with Crippen LogP contribution in [0.5, 0.6) is 0 Å². The van der Waals surface area contributed by atoms with Crippen LogP contribution in [0.2, 0.25) is 0 Å². The molecule has 0 aliphatic heterocycles. The molecule has 2 aromatic heterocycles. The fourth-order valence-electron chi connectivity index (χ4n) is 9.53. The van der Waals surface area contributed by atoms with Gasteiger partial charge in [0.1, 0.15) is 0 Å². The number of thiophene rings is 2. The van der Waals surface area contributed by atoms with Crippen LogP contribution >= 0.6 is 22.7 Å². The molecule has 11 rings (SSSR count). The van der Waals surface area contributed by atoms with Gasteiger partial charge in [0.15, 0.2) is 0 Å². The standard InChI is InChI=1S/C60H49NS2/c1-59(2,3)41-34-40(35-42(37-41)60(4,5)6)45-25-14-18-38-19-15-27-47(56(38)45)46-22-7-10-28-50(46)61(51-29-17-33-55-58(51)49-24-9-12-31-53(49)63-55)43-21-13-20-39(36-43)44-26-16-32-54-57(44)48-23-8-11-30-52(48)62-54/h7-37H,1-6H3. The molecule has 11 aromatic rings. The van der Waals surface area contributed by atoms with Crippen molar-refractivity contribution in [3.05, 3.63) is 199 Å². The molecule has 0 saturated carbocycles. The van der Waals surface area contributed by atoms with Crippen molar-refractivity contribution in [2.45, 2.75) is 52.4 Å². The fourth-order valence-corrected chi connectivity index (χ4v) is 11.8. The number of benzene rings is 9. The molecule has 0 saturated heterocycles. The minimum Gasteiger partial charge on any atom is -0.309 e. The van der Waals surface area contributed by atoms with Gasteiger partial charge >= 0.3 is 0 Å². The Balaban J connectivity index is 1.18. The van der Waals surface area contributed by atoms with Crippen molar-refractivity contribution in [1.82, 2.24) is 0 Å². The first-order valence-electron chi connectivity index (χ1n) is 22.0. The third-order valence-electron chi connectivity index (χ3n) is 12.8. The monoisotopic (exact) mass is 847 g/mol. The molecule has 0 amide bonds. The zero-order valence-corrected chi connectivity index (χ0v) is 38.3. The molecule has 0 unspecified atom stereocenters.